The number of nitrogens with zero attached hydrogens (tertiary/aromatic N) is 12. The summed E-state index contributed by atoms with van der Waals surface area (Å²) in [6, 6.07) is 21.5. The summed E-state index contributed by atoms with van der Waals surface area (Å²) in [7, 11) is 0. The van der Waals surface area contributed by atoms with Crippen molar-refractivity contribution in [3.63, 3.8) is 0 Å². The van der Waals surface area contributed by atoms with Crippen molar-refractivity contribution in [1.29, 1.82) is 0 Å². The second-order valence-corrected chi connectivity index (χ2v) is 37.4. The normalized spacial score (nSPS) is 19.8. The van der Waals surface area contributed by atoms with Crippen molar-refractivity contribution < 1.29 is 90.8 Å². The molecule has 6 aliphatic carbocycles. The van der Waals surface area contributed by atoms with Gasteiger partial charge in [0.1, 0.15) is 57.7 Å². The van der Waals surface area contributed by atoms with Crippen molar-refractivity contribution in [3.05, 3.63) is 218 Å². The van der Waals surface area contributed by atoms with Gasteiger partial charge in [0.15, 0.2) is 0 Å². The first-order valence-electron chi connectivity index (χ1n) is 41.0. The SMILES string of the molecule is CCC(CN)NC(=O)c1ccc(-c2ncnc3c2[C@H](C)C[C@@H]3O)s1.CCC(CN)NC(=O)c1ccc(-c2ncnc3c2[C@H](C)C[C@H]3O)s1.CCc1cc[c-]s1.C[C@@H]1CC(O)c2ncnc(-c3ccc(C(=O)O)s3)c21.C[C@@H]1CCc2ncnc(Cl)c21.C[C@@H]1C[C@@H](O)c2ncnc(-c3ccc(C(=O)O)s3)c21.C[C@@H]1C[C@H](O)c2ncnc(-c3ccc(C(=O)O)s3)c21.O=C=O.[Zn+][Br]. The Balaban J connectivity index is 0.000000157. The van der Waals surface area contributed by atoms with Crippen molar-refractivity contribution in [2.45, 2.75) is 205 Å². The molecule has 12 aromatic heterocycles. The number of fused-ring (bicyclic) bond motifs is 6. The van der Waals surface area contributed by atoms with Crippen LogP contribution in [0.1, 0.15) is 300 Å². The first-order chi connectivity index (χ1) is 61.5. The fourth-order valence-corrected chi connectivity index (χ4v) is 21.1. The molecule has 18 rings (SSSR count). The summed E-state index contributed by atoms with van der Waals surface area (Å²) >= 11 is 18.2. The van der Waals surface area contributed by atoms with E-state index < -0.39 is 48.4 Å². The molecule has 0 aliphatic heterocycles. The van der Waals surface area contributed by atoms with Crippen LogP contribution in [0, 0.1) is 5.38 Å². The Bertz CT molecular complexity index is 5450. The van der Waals surface area contributed by atoms with E-state index in [1.165, 1.54) is 110 Å². The molecule has 0 spiro atoms. The third-order valence-electron chi connectivity index (χ3n) is 22.1. The maximum atomic E-state index is 12.3. The van der Waals surface area contributed by atoms with Gasteiger partial charge in [0.2, 0.25) is 0 Å². The van der Waals surface area contributed by atoms with Crippen molar-refractivity contribution in [2.75, 3.05) is 13.1 Å². The molecule has 0 aromatic carbocycles. The molecule has 0 bridgehead atoms. The van der Waals surface area contributed by atoms with Gasteiger partial charge in [0.05, 0.1) is 122 Å². The monoisotopic (exact) mass is 1990 g/mol. The van der Waals surface area contributed by atoms with Crippen LogP contribution >= 0.6 is 93.2 Å². The molecule has 31 nitrogen and oxygen atoms in total. The molecule has 13 atom stereocenters. The van der Waals surface area contributed by atoms with E-state index in [0.29, 0.717) is 94.5 Å². The Morgan fingerprint density at radius 1 is 0.438 bits per heavy atom. The number of hydrogen-bond acceptors (Lipinski definition) is 32. The van der Waals surface area contributed by atoms with E-state index in [4.69, 9.17) is 48.0 Å². The van der Waals surface area contributed by atoms with E-state index in [1.807, 2.05) is 65.0 Å². The van der Waals surface area contributed by atoms with Crippen molar-refractivity contribution in [3.8, 4) is 52.9 Å². The van der Waals surface area contributed by atoms with Crippen LogP contribution in [0.15, 0.2) is 111 Å². The van der Waals surface area contributed by atoms with Crippen LogP contribution in [-0.4, -0.2) is 162 Å². The van der Waals surface area contributed by atoms with Crippen molar-refractivity contribution in [1.82, 2.24) is 70.4 Å². The molecule has 14 N–H and O–H groups in total. The number of halogens is 2. The Morgan fingerprint density at radius 2 is 0.711 bits per heavy atom. The van der Waals surface area contributed by atoms with Crippen molar-refractivity contribution in [2.24, 2.45) is 11.5 Å². The van der Waals surface area contributed by atoms with Crippen LogP contribution < -0.4 is 22.1 Å². The number of thiophene rings is 6. The van der Waals surface area contributed by atoms with Gasteiger partial charge in [-0.15, -0.1) is 66.9 Å². The van der Waals surface area contributed by atoms with Gasteiger partial charge in [-0.3, -0.25) is 9.59 Å². The second kappa shape index (κ2) is 47.4. The van der Waals surface area contributed by atoms with E-state index >= 15 is 0 Å². The van der Waals surface area contributed by atoms with E-state index in [0.717, 1.165) is 124 Å². The Hall–Kier alpha value is -9.48. The first kappa shape index (κ1) is 101. The molecule has 0 radical (unpaired) electrons. The number of hydrogen-bond donors (Lipinski definition) is 12. The number of nitrogens with two attached hydrogens (primary N) is 2. The number of aromatic carboxylic acids is 3. The van der Waals surface area contributed by atoms with Gasteiger partial charge in [-0.05, 0) is 154 Å². The van der Waals surface area contributed by atoms with Crippen LogP contribution in [0.2, 0.25) is 5.15 Å². The van der Waals surface area contributed by atoms with Crippen LogP contribution in [-0.2, 0) is 38.8 Å². The summed E-state index contributed by atoms with van der Waals surface area (Å²) in [4.78, 5) is 132. The Labute approximate surface area is 784 Å². The van der Waals surface area contributed by atoms with Gasteiger partial charge in [-0.2, -0.15) is 15.7 Å². The van der Waals surface area contributed by atoms with E-state index in [1.54, 1.807) is 54.1 Å². The molecule has 12 heterocycles. The van der Waals surface area contributed by atoms with Gasteiger partial charge in [-0.25, -0.2) is 80.3 Å². The summed E-state index contributed by atoms with van der Waals surface area (Å²) in [6.07, 6.45) is 14.5. The van der Waals surface area contributed by atoms with Crippen LogP contribution in [0.25, 0.3) is 52.9 Å². The first-order valence-corrected chi connectivity index (χ1v) is 53.3. The number of carboxylic acid groups (broad SMARTS) is 3. The number of aliphatic hydroxyl groups is 5. The molecule has 670 valence electrons. The number of aryl methyl sites for hydroxylation is 2. The third-order valence-corrected chi connectivity index (χ3v) is 28.8. The Morgan fingerprint density at radius 3 is 0.938 bits per heavy atom. The maximum absolute atomic E-state index is 12.3. The van der Waals surface area contributed by atoms with Crippen molar-refractivity contribution >= 4 is 129 Å². The number of carbonyl (C=O) groups is 5. The fourth-order valence-electron chi connectivity index (χ4n) is 15.7. The number of aliphatic hydroxyl groups excluding tert-OH is 5. The van der Waals surface area contributed by atoms with Crippen LogP contribution in [0.4, 0.5) is 0 Å². The predicted octanol–water partition coefficient (Wildman–Crippen LogP) is 16.3. The average molecular weight is 1990 g/mol. The van der Waals surface area contributed by atoms with E-state index in [9.17, 15) is 49.5 Å². The number of carboxylic acids is 3. The molecule has 12 aromatic rings. The third kappa shape index (κ3) is 24.2. The van der Waals surface area contributed by atoms with E-state index in [-0.39, 0.29) is 74.3 Å². The molecule has 0 fully saturated rings. The molecule has 3 unspecified atom stereocenters. The number of aromatic nitrogens is 12. The summed E-state index contributed by atoms with van der Waals surface area (Å²) < 4.78 is 0. The summed E-state index contributed by atoms with van der Waals surface area (Å²) in [5.41, 5.74) is 25.7. The van der Waals surface area contributed by atoms with Crippen LogP contribution in [0.5, 0.6) is 0 Å². The second-order valence-electron chi connectivity index (χ2n) is 30.7. The molecule has 128 heavy (non-hydrogen) atoms. The zero-order chi connectivity index (χ0) is 92.9. The number of rotatable bonds is 17. The predicted molar refractivity (Wildman–Crippen MR) is 489 cm³/mol. The van der Waals surface area contributed by atoms with Gasteiger partial charge in [-0.1, -0.05) is 80.3 Å². The van der Waals surface area contributed by atoms with Gasteiger partial charge in [0, 0.05) is 64.2 Å². The molecule has 40 heteroatoms. The van der Waals surface area contributed by atoms with Gasteiger partial charge >= 0.3 is 54.0 Å². The molecule has 0 saturated carbocycles. The zero-order valence-electron chi connectivity index (χ0n) is 71.3. The number of carbonyl (C=O) groups excluding carboxylic acids is 4. The summed E-state index contributed by atoms with van der Waals surface area (Å²) in [5, 5.41) is 86.5. The van der Waals surface area contributed by atoms with Crippen LogP contribution in [0.3, 0.4) is 0 Å². The molecule has 0 saturated heterocycles. The number of nitrogens with one attached hydrogen (secondary N) is 2. The molecular weight excluding hydrogens is 1890 g/mol. The molecule has 2 amide bonds. The van der Waals surface area contributed by atoms with Gasteiger partial charge < -0.3 is 74.3 Å². The fraction of sp³-hybridized carbons (Fsp3) is 0.386. The summed E-state index contributed by atoms with van der Waals surface area (Å²) in [5.74, 6) is -1.55. The topological polar surface area (TPSA) is 512 Å². The summed E-state index contributed by atoms with van der Waals surface area (Å²) in [6.45, 7) is 19.4. The molecule has 6 aliphatic rings. The molecular formula is C88H96BrClN16O15S6Zn. The quantitative estimate of drug-likeness (QED) is 0.0229. The minimum absolute atomic E-state index is 0.0125. The standard InChI is InChI=1S/2C17H22N4O2S.3C13H12N2O3S.C8H9ClN2.C6H7S.CO2.BrH.Zn/c2*1-3-10(7-18)21-17(23)13-5-4-12(24-13)16-14-9(2)6-11(22)15(14)19-8-20-16;3*1-6-4-7(16)11-10(6)12(15-5-14-11)8-2-3-9(19-8)13(17)18;1-5-2-3-6-7(5)8(9)11-4-10-6;1-2-6-4-3-5-7-6;2-1-3;;/h2*4-5,8-11,22H,3,6-7,18H2,1-2H3,(H,21,23);3*2-3,5-7,16H,4H2,1H3,(H,17,18);4-5H,2-3H2,1H3;3-4H,2H2,1H3;;1H;/q;;;;;;-1;;;+2/p-1/t9-,10?,11+;9-,10?,11-;6-,7?;6-,7+;6-,7-;5-;;;;/m111111..../s1. The average Bonchev–Trinajstić information content (AvgIpc) is 1.65. The zero-order valence-corrected chi connectivity index (χ0v) is 81.5. The van der Waals surface area contributed by atoms with Gasteiger partial charge in [0.25, 0.3) is 11.8 Å². The minimum atomic E-state index is -0.935. The Kier molecular flexibility index (Phi) is 37.3. The number of amides is 2. The van der Waals surface area contributed by atoms with E-state index in [2.05, 4.69) is 123 Å².